The van der Waals surface area contributed by atoms with Crippen molar-refractivity contribution < 1.29 is 14.3 Å². The van der Waals surface area contributed by atoms with Gasteiger partial charge in [-0.2, -0.15) is 5.10 Å². The van der Waals surface area contributed by atoms with Crippen LogP contribution in [0.4, 0.5) is 5.69 Å². The van der Waals surface area contributed by atoms with E-state index in [2.05, 4.69) is 15.2 Å². The van der Waals surface area contributed by atoms with Gasteiger partial charge >= 0.3 is 5.97 Å². The third-order valence-electron chi connectivity index (χ3n) is 2.42. The lowest BCUT2D eigenvalue weighted by atomic mass is 10.1. The SMILES string of the molecule is CCOC(=O)c1nc(-c2ccc(N)cc2OC)n[nH]1. The molecule has 0 aliphatic heterocycles. The van der Waals surface area contributed by atoms with Crippen LogP contribution in [0, 0.1) is 0 Å². The molecule has 3 N–H and O–H groups in total. The first-order chi connectivity index (χ1) is 9.15. The van der Waals surface area contributed by atoms with Crippen LogP contribution in [0.1, 0.15) is 17.5 Å². The molecule has 1 aromatic heterocycles. The summed E-state index contributed by atoms with van der Waals surface area (Å²) >= 11 is 0. The summed E-state index contributed by atoms with van der Waals surface area (Å²) in [6.45, 7) is 2.00. The lowest BCUT2D eigenvalue weighted by Gasteiger charge is -2.05. The predicted molar refractivity (Wildman–Crippen MR) is 68.7 cm³/mol. The van der Waals surface area contributed by atoms with E-state index in [1.807, 2.05) is 0 Å². The molecule has 100 valence electrons. The molecular weight excluding hydrogens is 248 g/mol. The zero-order chi connectivity index (χ0) is 13.8. The summed E-state index contributed by atoms with van der Waals surface area (Å²) in [7, 11) is 1.52. The van der Waals surface area contributed by atoms with Crippen molar-refractivity contribution in [1.82, 2.24) is 15.2 Å². The third-order valence-corrected chi connectivity index (χ3v) is 2.42. The number of carbonyl (C=O) groups is 1. The molecule has 0 bridgehead atoms. The number of nitrogens with zero attached hydrogens (tertiary/aromatic N) is 2. The Kier molecular flexibility index (Phi) is 3.65. The number of nitrogens with two attached hydrogens (primary N) is 1. The number of hydrogen-bond donors (Lipinski definition) is 2. The Labute approximate surface area is 109 Å². The van der Waals surface area contributed by atoms with Crippen molar-refractivity contribution in [3.8, 4) is 17.1 Å². The molecule has 1 aromatic carbocycles. The van der Waals surface area contributed by atoms with Crippen molar-refractivity contribution in [1.29, 1.82) is 0 Å². The smallest absolute Gasteiger partial charge is 0.375 e. The van der Waals surface area contributed by atoms with Gasteiger partial charge in [0.15, 0.2) is 5.82 Å². The van der Waals surface area contributed by atoms with Gasteiger partial charge in [-0.3, -0.25) is 5.10 Å². The molecule has 7 heteroatoms. The maximum atomic E-state index is 11.5. The van der Waals surface area contributed by atoms with Crippen LogP contribution in [-0.4, -0.2) is 34.9 Å². The Morgan fingerprint density at radius 2 is 2.26 bits per heavy atom. The fourth-order valence-corrected chi connectivity index (χ4v) is 1.57. The highest BCUT2D eigenvalue weighted by Crippen LogP contribution is 2.29. The summed E-state index contributed by atoms with van der Waals surface area (Å²) in [5.41, 5.74) is 6.88. The second-order valence-corrected chi connectivity index (χ2v) is 3.69. The van der Waals surface area contributed by atoms with Crippen LogP contribution in [0.25, 0.3) is 11.4 Å². The van der Waals surface area contributed by atoms with Gasteiger partial charge in [-0.15, -0.1) is 0 Å². The lowest BCUT2D eigenvalue weighted by molar-refractivity contribution is 0.0512. The standard InChI is InChI=1S/C12H14N4O3/c1-3-19-12(17)11-14-10(15-16-11)8-5-4-7(13)6-9(8)18-2/h4-6H,3,13H2,1-2H3,(H,14,15,16). The monoisotopic (exact) mass is 262 g/mol. The number of nitrogen functional groups attached to an aromatic ring is 1. The topological polar surface area (TPSA) is 103 Å². The van der Waals surface area contributed by atoms with Crippen molar-refractivity contribution in [3.05, 3.63) is 24.0 Å². The Morgan fingerprint density at radius 3 is 2.95 bits per heavy atom. The summed E-state index contributed by atoms with van der Waals surface area (Å²) < 4.78 is 10.0. The Morgan fingerprint density at radius 1 is 1.47 bits per heavy atom. The first kappa shape index (κ1) is 12.9. The van der Waals surface area contributed by atoms with Crippen molar-refractivity contribution in [2.75, 3.05) is 19.5 Å². The molecule has 7 nitrogen and oxygen atoms in total. The number of aromatic amines is 1. The van der Waals surface area contributed by atoms with E-state index >= 15 is 0 Å². The maximum Gasteiger partial charge on any atom is 0.375 e. The summed E-state index contributed by atoms with van der Waals surface area (Å²) in [5.74, 6) is 0.390. The molecule has 0 amide bonds. The number of H-pyrrole nitrogens is 1. The number of rotatable bonds is 4. The van der Waals surface area contributed by atoms with Crippen molar-refractivity contribution in [2.24, 2.45) is 0 Å². The van der Waals surface area contributed by atoms with E-state index in [9.17, 15) is 4.79 Å². The van der Waals surface area contributed by atoms with Crippen LogP contribution in [-0.2, 0) is 4.74 Å². The van der Waals surface area contributed by atoms with E-state index in [0.29, 0.717) is 22.8 Å². The number of ether oxygens (including phenoxy) is 2. The largest absolute Gasteiger partial charge is 0.496 e. The Balaban J connectivity index is 2.35. The predicted octanol–water partition coefficient (Wildman–Crippen LogP) is 1.24. The second kappa shape index (κ2) is 5.38. The molecule has 0 radical (unpaired) electrons. The zero-order valence-electron chi connectivity index (χ0n) is 10.6. The van der Waals surface area contributed by atoms with E-state index in [1.165, 1.54) is 7.11 Å². The van der Waals surface area contributed by atoms with Crippen molar-refractivity contribution >= 4 is 11.7 Å². The lowest BCUT2D eigenvalue weighted by Crippen LogP contribution is -2.06. The van der Waals surface area contributed by atoms with Crippen LogP contribution < -0.4 is 10.5 Å². The van der Waals surface area contributed by atoms with Gasteiger partial charge in [-0.05, 0) is 19.1 Å². The van der Waals surface area contributed by atoms with E-state index in [-0.39, 0.29) is 12.4 Å². The van der Waals surface area contributed by atoms with Gasteiger partial charge in [-0.25, -0.2) is 9.78 Å². The summed E-state index contributed by atoms with van der Waals surface area (Å²) in [4.78, 5) is 15.6. The first-order valence-corrected chi connectivity index (χ1v) is 5.69. The molecule has 0 spiro atoms. The van der Waals surface area contributed by atoms with Crippen LogP contribution in [0.5, 0.6) is 5.75 Å². The minimum Gasteiger partial charge on any atom is -0.496 e. The van der Waals surface area contributed by atoms with E-state index in [4.69, 9.17) is 15.2 Å². The maximum absolute atomic E-state index is 11.5. The van der Waals surface area contributed by atoms with Crippen LogP contribution in [0.15, 0.2) is 18.2 Å². The second-order valence-electron chi connectivity index (χ2n) is 3.69. The van der Waals surface area contributed by atoms with Crippen molar-refractivity contribution in [3.63, 3.8) is 0 Å². The van der Waals surface area contributed by atoms with Gasteiger partial charge in [0.05, 0.1) is 19.3 Å². The molecule has 0 atom stereocenters. The molecule has 0 aliphatic rings. The molecule has 2 aromatic rings. The van der Waals surface area contributed by atoms with E-state index in [1.54, 1.807) is 25.1 Å². The number of aromatic nitrogens is 3. The third kappa shape index (κ3) is 2.65. The molecule has 2 rings (SSSR count). The Hall–Kier alpha value is -2.57. The summed E-state index contributed by atoms with van der Waals surface area (Å²) in [5, 5.41) is 6.50. The highest BCUT2D eigenvalue weighted by molar-refractivity contribution is 5.85. The molecular formula is C12H14N4O3. The van der Waals surface area contributed by atoms with E-state index in [0.717, 1.165) is 0 Å². The minimum absolute atomic E-state index is 0.0516. The number of esters is 1. The molecule has 0 aliphatic carbocycles. The Bertz CT molecular complexity index is 594. The molecule has 1 heterocycles. The van der Waals surface area contributed by atoms with Crippen LogP contribution >= 0.6 is 0 Å². The van der Waals surface area contributed by atoms with E-state index < -0.39 is 5.97 Å². The van der Waals surface area contributed by atoms with Gasteiger partial charge in [0.1, 0.15) is 5.75 Å². The molecule has 19 heavy (non-hydrogen) atoms. The normalized spacial score (nSPS) is 10.2. The number of carbonyl (C=O) groups excluding carboxylic acids is 1. The first-order valence-electron chi connectivity index (χ1n) is 5.69. The average molecular weight is 262 g/mol. The van der Waals surface area contributed by atoms with Crippen LogP contribution in [0.3, 0.4) is 0 Å². The number of anilines is 1. The highest BCUT2D eigenvalue weighted by atomic mass is 16.5. The molecule has 0 saturated carbocycles. The summed E-state index contributed by atoms with van der Waals surface area (Å²) in [6.07, 6.45) is 0. The fourth-order valence-electron chi connectivity index (χ4n) is 1.57. The number of nitrogens with one attached hydrogen (secondary N) is 1. The molecule has 0 unspecified atom stereocenters. The van der Waals surface area contributed by atoms with Gasteiger partial charge in [0.25, 0.3) is 0 Å². The molecule has 0 fully saturated rings. The number of methoxy groups -OCH3 is 1. The number of hydrogen-bond acceptors (Lipinski definition) is 6. The zero-order valence-corrected chi connectivity index (χ0v) is 10.6. The number of benzene rings is 1. The van der Waals surface area contributed by atoms with Gasteiger partial charge in [0, 0.05) is 11.8 Å². The average Bonchev–Trinajstić information content (AvgIpc) is 2.88. The van der Waals surface area contributed by atoms with Crippen LogP contribution in [0.2, 0.25) is 0 Å². The van der Waals surface area contributed by atoms with Gasteiger partial charge in [0.2, 0.25) is 5.82 Å². The van der Waals surface area contributed by atoms with Gasteiger partial charge in [-0.1, -0.05) is 0 Å². The summed E-state index contributed by atoms with van der Waals surface area (Å²) in [6, 6.07) is 5.10. The highest BCUT2D eigenvalue weighted by Gasteiger charge is 2.16. The van der Waals surface area contributed by atoms with Crippen molar-refractivity contribution in [2.45, 2.75) is 6.92 Å². The quantitative estimate of drug-likeness (QED) is 0.634. The minimum atomic E-state index is -0.546. The fraction of sp³-hybridized carbons (Fsp3) is 0.250. The van der Waals surface area contributed by atoms with Gasteiger partial charge < -0.3 is 15.2 Å². The molecule has 0 saturated heterocycles.